The third kappa shape index (κ3) is 3.94. The lowest BCUT2D eigenvalue weighted by Gasteiger charge is -2.62. The Hall–Kier alpha value is -2.34. The largest absolute Gasteiger partial charge is 0.417 e. The van der Waals surface area contributed by atoms with Crippen LogP contribution in [-0.4, -0.2) is 46.0 Å². The molecule has 0 aromatic carbocycles. The number of hydrogen-bond donors (Lipinski definition) is 2. The third-order valence-corrected chi connectivity index (χ3v) is 7.88. The topological polar surface area (TPSA) is 81.0 Å². The van der Waals surface area contributed by atoms with Crippen molar-refractivity contribution >= 4 is 11.7 Å². The molecule has 4 saturated carbocycles. The lowest BCUT2D eigenvalue weighted by Crippen LogP contribution is -2.67. The molecule has 1 aromatic heterocycles. The average molecular weight is 448 g/mol. The van der Waals surface area contributed by atoms with E-state index in [9.17, 15) is 23.2 Å². The fourth-order valence-corrected chi connectivity index (χ4v) is 7.09. The molecule has 32 heavy (non-hydrogen) atoms. The summed E-state index contributed by atoms with van der Waals surface area (Å²) in [7, 11) is 0. The summed E-state index contributed by atoms with van der Waals surface area (Å²) in [6, 6.07) is 4.40. The molecule has 0 radical (unpaired) electrons. The van der Waals surface area contributed by atoms with Crippen molar-refractivity contribution in [2.75, 3.05) is 18.4 Å². The predicted octanol–water partition coefficient (Wildman–Crippen LogP) is 3.71. The monoisotopic (exact) mass is 447 g/mol. The second kappa shape index (κ2) is 7.62. The Morgan fingerprint density at radius 1 is 1.22 bits per heavy atom. The van der Waals surface area contributed by atoms with Crippen molar-refractivity contribution in [1.82, 2.24) is 15.2 Å². The number of nitriles is 1. The van der Waals surface area contributed by atoms with Crippen LogP contribution < -0.4 is 10.6 Å². The van der Waals surface area contributed by atoms with Gasteiger partial charge in [-0.1, -0.05) is 0 Å². The number of nitrogens with one attached hydrogen (secondary N) is 2. The van der Waals surface area contributed by atoms with Crippen LogP contribution in [0.5, 0.6) is 0 Å². The standard InChI is InChI=1S/C23H28F3N5O/c24-23(25,26)17-3-4-19(28-12-17)30-22-9-15-6-16(10-22)8-21(7-15,14-22)29-13-20(32)31-5-1-2-18(31)11-27/h3-4,12,15-16,18,29H,1-2,5-10,13-14H2,(H,28,30). The van der Waals surface area contributed by atoms with Gasteiger partial charge >= 0.3 is 6.18 Å². The van der Waals surface area contributed by atoms with Gasteiger partial charge in [0.25, 0.3) is 0 Å². The maximum absolute atomic E-state index is 12.9. The van der Waals surface area contributed by atoms with Gasteiger partial charge in [0.2, 0.25) is 5.91 Å². The maximum atomic E-state index is 12.9. The van der Waals surface area contributed by atoms with E-state index in [1.807, 2.05) is 0 Å². The number of amides is 1. The van der Waals surface area contributed by atoms with Crippen molar-refractivity contribution in [3.05, 3.63) is 23.9 Å². The summed E-state index contributed by atoms with van der Waals surface area (Å²) >= 11 is 0. The summed E-state index contributed by atoms with van der Waals surface area (Å²) < 4.78 is 38.6. The molecule has 5 fully saturated rings. The molecule has 1 amide bonds. The summed E-state index contributed by atoms with van der Waals surface area (Å²) in [4.78, 5) is 18.5. The number of carbonyl (C=O) groups is 1. The highest BCUT2D eigenvalue weighted by atomic mass is 19.4. The van der Waals surface area contributed by atoms with Crippen LogP contribution in [0.3, 0.4) is 0 Å². The molecule has 2 heterocycles. The van der Waals surface area contributed by atoms with Crippen LogP contribution in [0.25, 0.3) is 0 Å². The molecule has 1 aliphatic heterocycles. The molecule has 1 saturated heterocycles. The maximum Gasteiger partial charge on any atom is 0.417 e. The Bertz CT molecular complexity index is 911. The summed E-state index contributed by atoms with van der Waals surface area (Å²) in [5.41, 5.74) is -1.11. The Labute approximate surface area is 185 Å². The van der Waals surface area contributed by atoms with Crippen molar-refractivity contribution in [3.63, 3.8) is 0 Å². The molecular formula is C23H28F3N5O. The Kier molecular flexibility index (Phi) is 5.12. The average Bonchev–Trinajstić information content (AvgIpc) is 3.19. The van der Waals surface area contributed by atoms with E-state index >= 15 is 0 Å². The Morgan fingerprint density at radius 3 is 2.56 bits per heavy atom. The number of anilines is 1. The van der Waals surface area contributed by atoms with Crippen LogP contribution in [0, 0.1) is 23.2 Å². The van der Waals surface area contributed by atoms with Crippen molar-refractivity contribution in [1.29, 1.82) is 5.26 Å². The molecule has 3 unspecified atom stereocenters. The van der Waals surface area contributed by atoms with Gasteiger partial charge in [-0.2, -0.15) is 18.4 Å². The molecule has 0 spiro atoms. The molecule has 4 aliphatic carbocycles. The lowest BCUT2D eigenvalue weighted by atomic mass is 9.50. The van der Waals surface area contributed by atoms with Crippen LogP contribution >= 0.6 is 0 Å². The molecule has 5 aliphatic rings. The normalized spacial score (nSPS) is 35.7. The van der Waals surface area contributed by atoms with Gasteiger partial charge in [0.15, 0.2) is 0 Å². The number of pyridine rings is 1. The van der Waals surface area contributed by atoms with Crippen molar-refractivity contribution in [2.24, 2.45) is 11.8 Å². The quantitative estimate of drug-likeness (QED) is 0.719. The van der Waals surface area contributed by atoms with E-state index < -0.39 is 11.7 Å². The first kappa shape index (κ1) is 21.5. The van der Waals surface area contributed by atoms with Gasteiger partial charge < -0.3 is 15.5 Å². The number of likely N-dealkylation sites (tertiary alicyclic amines) is 1. The number of carbonyl (C=O) groups excluding carboxylic acids is 1. The first-order chi connectivity index (χ1) is 15.2. The molecule has 6 rings (SSSR count). The number of alkyl halides is 3. The predicted molar refractivity (Wildman–Crippen MR) is 111 cm³/mol. The van der Waals surface area contributed by atoms with Gasteiger partial charge in [0, 0.05) is 23.8 Å². The van der Waals surface area contributed by atoms with Gasteiger partial charge in [-0.15, -0.1) is 0 Å². The fourth-order valence-electron chi connectivity index (χ4n) is 7.09. The smallest absolute Gasteiger partial charge is 0.365 e. The van der Waals surface area contributed by atoms with Crippen molar-refractivity contribution < 1.29 is 18.0 Å². The number of halogens is 3. The minimum atomic E-state index is -4.40. The van der Waals surface area contributed by atoms with Crippen LogP contribution in [-0.2, 0) is 11.0 Å². The number of aromatic nitrogens is 1. The van der Waals surface area contributed by atoms with Crippen molar-refractivity contribution in [3.8, 4) is 6.07 Å². The fraction of sp³-hybridized carbons (Fsp3) is 0.696. The Morgan fingerprint density at radius 2 is 1.94 bits per heavy atom. The molecule has 172 valence electrons. The zero-order chi connectivity index (χ0) is 22.6. The first-order valence-corrected chi connectivity index (χ1v) is 11.4. The molecule has 3 atom stereocenters. The highest BCUT2D eigenvalue weighted by molar-refractivity contribution is 5.79. The highest BCUT2D eigenvalue weighted by Gasteiger charge is 2.58. The second-order valence-electron chi connectivity index (χ2n) is 10.3. The summed E-state index contributed by atoms with van der Waals surface area (Å²) in [5.74, 6) is 1.51. The van der Waals surface area contributed by atoms with E-state index in [1.165, 1.54) is 12.5 Å². The molecule has 2 N–H and O–H groups in total. The van der Waals surface area contributed by atoms with Crippen molar-refractivity contribution in [2.45, 2.75) is 74.7 Å². The minimum Gasteiger partial charge on any atom is -0.365 e. The van der Waals surface area contributed by atoms with Gasteiger partial charge in [-0.05, 0) is 75.3 Å². The van der Waals surface area contributed by atoms with Crippen LogP contribution in [0.15, 0.2) is 18.3 Å². The number of nitrogens with zero attached hydrogens (tertiary/aromatic N) is 3. The molecule has 4 bridgehead atoms. The van der Waals surface area contributed by atoms with Gasteiger partial charge in [0.05, 0.1) is 18.2 Å². The van der Waals surface area contributed by atoms with E-state index in [0.29, 0.717) is 24.2 Å². The highest BCUT2D eigenvalue weighted by Crippen LogP contribution is 2.58. The first-order valence-electron chi connectivity index (χ1n) is 11.4. The Balaban J connectivity index is 1.29. The van der Waals surface area contributed by atoms with Gasteiger partial charge in [-0.3, -0.25) is 4.79 Å². The van der Waals surface area contributed by atoms with Crippen LogP contribution in [0.2, 0.25) is 0 Å². The van der Waals surface area contributed by atoms with Crippen LogP contribution in [0.4, 0.5) is 19.0 Å². The third-order valence-electron chi connectivity index (χ3n) is 7.88. The van der Waals surface area contributed by atoms with E-state index in [1.54, 1.807) is 4.90 Å². The summed E-state index contributed by atoms with van der Waals surface area (Å²) in [6.45, 7) is 0.869. The molecule has 6 nitrogen and oxygen atoms in total. The second-order valence-corrected chi connectivity index (χ2v) is 10.3. The lowest BCUT2D eigenvalue weighted by molar-refractivity contribution is -0.137. The van der Waals surface area contributed by atoms with Gasteiger partial charge in [0.1, 0.15) is 11.9 Å². The molecule has 1 aromatic rings. The molecular weight excluding hydrogens is 419 g/mol. The zero-order valence-corrected chi connectivity index (χ0v) is 17.9. The summed E-state index contributed by atoms with van der Waals surface area (Å²) in [5, 5.41) is 16.3. The summed E-state index contributed by atoms with van der Waals surface area (Å²) in [6.07, 6.45) is 4.08. The van der Waals surface area contributed by atoms with Gasteiger partial charge in [-0.25, -0.2) is 4.98 Å². The van der Waals surface area contributed by atoms with Crippen LogP contribution in [0.1, 0.15) is 56.9 Å². The SMILES string of the molecule is N#CC1CCCN1C(=O)CNC12CC3CC(C1)CC(Nc1ccc(C(F)(F)F)cn1)(C3)C2. The number of rotatable bonds is 5. The van der Waals surface area contributed by atoms with E-state index in [0.717, 1.165) is 57.2 Å². The molecule has 9 heteroatoms. The minimum absolute atomic E-state index is 0.0174. The van der Waals surface area contributed by atoms with E-state index in [4.69, 9.17) is 0 Å². The van der Waals surface area contributed by atoms with E-state index in [2.05, 4.69) is 21.7 Å². The number of hydrogen-bond acceptors (Lipinski definition) is 5. The van der Waals surface area contributed by atoms with E-state index in [-0.39, 0.29) is 29.6 Å². The zero-order valence-electron chi connectivity index (χ0n) is 17.9.